The Labute approximate surface area is 121 Å². The molecule has 1 saturated heterocycles. The average Bonchev–Trinajstić information content (AvgIpc) is 3.06. The monoisotopic (exact) mass is 281 g/mol. The summed E-state index contributed by atoms with van der Waals surface area (Å²) in [6.07, 6.45) is 4.29. The zero-order valence-corrected chi connectivity index (χ0v) is 13.1. The molecule has 0 radical (unpaired) electrons. The molecule has 1 aliphatic rings. The van der Waals surface area contributed by atoms with Crippen LogP contribution in [0.4, 0.5) is 0 Å². The highest BCUT2D eigenvalue weighted by Gasteiger charge is 2.36. The van der Waals surface area contributed by atoms with Crippen molar-refractivity contribution >= 4 is 0 Å². The Morgan fingerprint density at radius 2 is 2.35 bits per heavy atom. The predicted octanol–water partition coefficient (Wildman–Crippen LogP) is 2.38. The molecule has 2 rings (SSSR count). The summed E-state index contributed by atoms with van der Waals surface area (Å²) < 4.78 is 13.3. The van der Waals surface area contributed by atoms with Crippen molar-refractivity contribution in [2.75, 3.05) is 20.3 Å². The van der Waals surface area contributed by atoms with E-state index in [0.717, 1.165) is 44.0 Å². The first-order valence-electron chi connectivity index (χ1n) is 7.67. The number of rotatable bonds is 7. The van der Waals surface area contributed by atoms with Gasteiger partial charge in [0.25, 0.3) is 0 Å². The Hall–Kier alpha value is -1.07. The molecule has 0 amide bonds. The van der Waals surface area contributed by atoms with E-state index in [1.807, 2.05) is 10.9 Å². The lowest BCUT2D eigenvalue weighted by atomic mass is 9.90. The number of ether oxygens (including phenoxy) is 2. The van der Waals surface area contributed by atoms with Crippen LogP contribution in [0.3, 0.4) is 0 Å². The highest BCUT2D eigenvalue weighted by molar-refractivity contribution is 5.29. The second-order valence-corrected chi connectivity index (χ2v) is 5.37. The summed E-state index contributed by atoms with van der Waals surface area (Å²) >= 11 is 0. The molecule has 1 aromatic heterocycles. The molecule has 3 atom stereocenters. The summed E-state index contributed by atoms with van der Waals surface area (Å²) in [7, 11) is 1.71. The second-order valence-electron chi connectivity index (χ2n) is 5.37. The molecule has 3 unspecified atom stereocenters. The fourth-order valence-electron chi connectivity index (χ4n) is 3.04. The van der Waals surface area contributed by atoms with Gasteiger partial charge in [0.2, 0.25) is 0 Å². The fraction of sp³-hybridized carbons (Fsp3) is 0.800. The predicted molar refractivity (Wildman–Crippen MR) is 79.0 cm³/mol. The number of nitrogens with zero attached hydrogens (tertiary/aromatic N) is 2. The van der Waals surface area contributed by atoms with Crippen molar-refractivity contribution in [3.05, 3.63) is 11.9 Å². The first-order chi connectivity index (χ1) is 9.72. The second kappa shape index (κ2) is 7.09. The summed E-state index contributed by atoms with van der Waals surface area (Å²) in [6, 6.07) is 0.241. The van der Waals surface area contributed by atoms with Gasteiger partial charge in [0.15, 0.2) is 5.75 Å². The van der Waals surface area contributed by atoms with E-state index in [2.05, 4.69) is 31.2 Å². The Morgan fingerprint density at radius 3 is 2.90 bits per heavy atom. The minimum Gasteiger partial charge on any atom is -0.493 e. The van der Waals surface area contributed by atoms with Crippen LogP contribution in [0.25, 0.3) is 0 Å². The third-order valence-electron chi connectivity index (χ3n) is 4.14. The smallest absolute Gasteiger partial charge is 0.161 e. The molecule has 1 aromatic rings. The van der Waals surface area contributed by atoms with Gasteiger partial charge in [-0.1, -0.05) is 6.92 Å². The zero-order chi connectivity index (χ0) is 14.5. The van der Waals surface area contributed by atoms with Gasteiger partial charge >= 0.3 is 0 Å². The van der Waals surface area contributed by atoms with Crippen molar-refractivity contribution < 1.29 is 9.47 Å². The number of hydrogen-bond acceptors (Lipinski definition) is 4. The number of aryl methyl sites for hydroxylation is 1. The molecule has 20 heavy (non-hydrogen) atoms. The van der Waals surface area contributed by atoms with E-state index >= 15 is 0 Å². The van der Waals surface area contributed by atoms with Crippen LogP contribution in [0.15, 0.2) is 6.20 Å². The number of nitrogens with one attached hydrogen (secondary N) is 1. The quantitative estimate of drug-likeness (QED) is 0.833. The first kappa shape index (κ1) is 15.3. The van der Waals surface area contributed by atoms with Crippen LogP contribution in [0.1, 0.15) is 45.3 Å². The Balaban J connectivity index is 2.32. The van der Waals surface area contributed by atoms with Crippen LogP contribution in [-0.4, -0.2) is 36.1 Å². The molecule has 0 aliphatic carbocycles. The first-order valence-corrected chi connectivity index (χ1v) is 7.67. The van der Waals surface area contributed by atoms with Gasteiger partial charge in [0.05, 0.1) is 31.1 Å². The number of hydrogen-bond donors (Lipinski definition) is 1. The molecule has 0 aromatic carbocycles. The van der Waals surface area contributed by atoms with Crippen molar-refractivity contribution in [2.24, 2.45) is 5.92 Å². The lowest BCUT2D eigenvalue weighted by molar-refractivity contribution is 0.0939. The molecule has 0 bridgehead atoms. The minimum atomic E-state index is 0.241. The van der Waals surface area contributed by atoms with Crippen molar-refractivity contribution in [3.63, 3.8) is 0 Å². The molecule has 0 saturated carbocycles. The molecule has 1 fully saturated rings. The Kier molecular flexibility index (Phi) is 5.43. The van der Waals surface area contributed by atoms with Crippen LogP contribution >= 0.6 is 0 Å². The SMILES string of the molecule is CCCNC(c1c(OC)cnn1CC)C1CCOC1C. The maximum atomic E-state index is 5.76. The molecule has 1 N–H and O–H groups in total. The summed E-state index contributed by atoms with van der Waals surface area (Å²) in [5, 5.41) is 8.11. The summed E-state index contributed by atoms with van der Waals surface area (Å²) in [6.45, 7) is 9.15. The van der Waals surface area contributed by atoms with Gasteiger partial charge in [0, 0.05) is 19.1 Å². The summed E-state index contributed by atoms with van der Waals surface area (Å²) in [5.41, 5.74) is 1.16. The van der Waals surface area contributed by atoms with E-state index < -0.39 is 0 Å². The maximum absolute atomic E-state index is 5.76. The third kappa shape index (κ3) is 2.99. The van der Waals surface area contributed by atoms with E-state index in [0.29, 0.717) is 5.92 Å². The van der Waals surface area contributed by atoms with Crippen LogP contribution in [0.5, 0.6) is 5.75 Å². The van der Waals surface area contributed by atoms with Crippen molar-refractivity contribution in [1.29, 1.82) is 0 Å². The lowest BCUT2D eigenvalue weighted by Gasteiger charge is -2.28. The topological polar surface area (TPSA) is 48.3 Å². The van der Waals surface area contributed by atoms with Crippen LogP contribution in [0, 0.1) is 5.92 Å². The van der Waals surface area contributed by atoms with E-state index in [1.165, 1.54) is 0 Å². The average molecular weight is 281 g/mol. The molecule has 5 nitrogen and oxygen atoms in total. The summed E-state index contributed by atoms with van der Waals surface area (Å²) in [5.74, 6) is 1.34. The molecular formula is C15H27N3O2. The molecule has 114 valence electrons. The van der Waals surface area contributed by atoms with Crippen molar-refractivity contribution in [3.8, 4) is 5.75 Å². The number of aromatic nitrogens is 2. The molecule has 0 spiro atoms. The van der Waals surface area contributed by atoms with Gasteiger partial charge < -0.3 is 14.8 Å². The van der Waals surface area contributed by atoms with Crippen molar-refractivity contribution in [2.45, 2.75) is 52.3 Å². The van der Waals surface area contributed by atoms with Gasteiger partial charge in [-0.3, -0.25) is 4.68 Å². The van der Waals surface area contributed by atoms with Gasteiger partial charge in [-0.15, -0.1) is 0 Å². The molecular weight excluding hydrogens is 254 g/mol. The molecule has 5 heteroatoms. The van der Waals surface area contributed by atoms with E-state index in [1.54, 1.807) is 7.11 Å². The third-order valence-corrected chi connectivity index (χ3v) is 4.14. The highest BCUT2D eigenvalue weighted by atomic mass is 16.5. The van der Waals surface area contributed by atoms with Gasteiger partial charge in [0.1, 0.15) is 0 Å². The van der Waals surface area contributed by atoms with Crippen molar-refractivity contribution in [1.82, 2.24) is 15.1 Å². The highest BCUT2D eigenvalue weighted by Crippen LogP contribution is 2.37. The van der Waals surface area contributed by atoms with E-state index in [9.17, 15) is 0 Å². The largest absolute Gasteiger partial charge is 0.493 e. The van der Waals surface area contributed by atoms with Crippen LogP contribution in [0.2, 0.25) is 0 Å². The lowest BCUT2D eigenvalue weighted by Crippen LogP contribution is -2.34. The standard InChI is InChI=1S/C15H27N3O2/c1-5-8-16-14(12-7-9-20-11(12)3)15-13(19-4)10-17-18(15)6-2/h10-12,14,16H,5-9H2,1-4H3. The Morgan fingerprint density at radius 1 is 1.55 bits per heavy atom. The fourth-order valence-corrected chi connectivity index (χ4v) is 3.04. The molecule has 1 aliphatic heterocycles. The molecule has 2 heterocycles. The zero-order valence-electron chi connectivity index (χ0n) is 13.1. The number of methoxy groups -OCH3 is 1. The maximum Gasteiger partial charge on any atom is 0.161 e. The van der Waals surface area contributed by atoms with E-state index in [4.69, 9.17) is 9.47 Å². The van der Waals surface area contributed by atoms with Crippen LogP contribution in [-0.2, 0) is 11.3 Å². The van der Waals surface area contributed by atoms with Gasteiger partial charge in [-0.2, -0.15) is 5.10 Å². The van der Waals surface area contributed by atoms with E-state index in [-0.39, 0.29) is 12.1 Å². The van der Waals surface area contributed by atoms with Gasteiger partial charge in [-0.25, -0.2) is 0 Å². The van der Waals surface area contributed by atoms with Gasteiger partial charge in [-0.05, 0) is 33.2 Å². The normalized spacial score (nSPS) is 24.0. The Bertz CT molecular complexity index is 398. The minimum absolute atomic E-state index is 0.241. The van der Waals surface area contributed by atoms with Crippen LogP contribution < -0.4 is 10.1 Å². The summed E-state index contributed by atoms with van der Waals surface area (Å²) in [4.78, 5) is 0.